The van der Waals surface area contributed by atoms with Crippen LogP contribution in [0.3, 0.4) is 0 Å². The van der Waals surface area contributed by atoms with Gasteiger partial charge in [0.2, 0.25) is 0 Å². The van der Waals surface area contributed by atoms with Crippen LogP contribution in [0.15, 0.2) is 18.2 Å². The average Bonchev–Trinajstić information content (AvgIpc) is 2.51. The van der Waals surface area contributed by atoms with Gasteiger partial charge in [-0.15, -0.1) is 0 Å². The molecule has 0 saturated carbocycles. The molecule has 3 nitrogen and oxygen atoms in total. The average molecular weight is 344 g/mol. The molecule has 0 aliphatic carbocycles. The quantitative estimate of drug-likeness (QED) is 0.545. The summed E-state index contributed by atoms with van der Waals surface area (Å²) in [6.07, 6.45) is 5.30. The Balaban J connectivity index is 2.21. The van der Waals surface area contributed by atoms with Gasteiger partial charge in [-0.05, 0) is 50.0 Å². The van der Waals surface area contributed by atoms with Crippen LogP contribution in [0.4, 0.5) is 0 Å². The molecule has 1 aliphatic heterocycles. The molecule has 1 aliphatic rings. The predicted molar refractivity (Wildman–Crippen MR) is 90.5 cm³/mol. The molecule has 5 heteroatoms. The van der Waals surface area contributed by atoms with Crippen molar-refractivity contribution in [2.24, 2.45) is 0 Å². The van der Waals surface area contributed by atoms with Crippen LogP contribution in [0.1, 0.15) is 50.6 Å². The number of halogens is 2. The van der Waals surface area contributed by atoms with Gasteiger partial charge in [-0.1, -0.05) is 49.0 Å². The molecular formula is C17H23Cl2NO2. The second kappa shape index (κ2) is 8.76. The maximum absolute atomic E-state index is 12.6. The molecule has 2 rings (SSSR count). The van der Waals surface area contributed by atoms with E-state index in [0.29, 0.717) is 16.7 Å². The lowest BCUT2D eigenvalue weighted by Crippen LogP contribution is -2.39. The van der Waals surface area contributed by atoms with Crippen molar-refractivity contribution in [2.75, 3.05) is 19.7 Å². The van der Waals surface area contributed by atoms with Gasteiger partial charge in [-0.3, -0.25) is 4.90 Å². The van der Waals surface area contributed by atoms with Crippen molar-refractivity contribution in [1.29, 1.82) is 0 Å². The number of carbonyl (C=O) groups excluding carboxylic acids is 1. The summed E-state index contributed by atoms with van der Waals surface area (Å²) in [6.45, 7) is 4.33. The largest absolute Gasteiger partial charge is 0.464 e. The number of nitrogens with zero attached hydrogens (tertiary/aromatic N) is 1. The van der Waals surface area contributed by atoms with Crippen LogP contribution < -0.4 is 0 Å². The topological polar surface area (TPSA) is 29.5 Å². The molecule has 0 spiro atoms. The molecule has 0 N–H and O–H groups in total. The van der Waals surface area contributed by atoms with Gasteiger partial charge in [0, 0.05) is 10.0 Å². The Bertz CT molecular complexity index is 501. The summed E-state index contributed by atoms with van der Waals surface area (Å²) in [5.74, 6) is -0.209. The zero-order valence-corrected chi connectivity index (χ0v) is 14.5. The third-order valence-corrected chi connectivity index (χ3v) is 4.54. The van der Waals surface area contributed by atoms with E-state index in [0.717, 1.165) is 44.3 Å². The third kappa shape index (κ3) is 4.61. The standard InChI is InChI=1S/C17H23Cl2NO2/c1-2-3-11-22-17(21)16(20-9-5-4-6-10-20)14-8-7-13(18)12-15(14)19/h7-8,12,16H,2-6,9-11H2,1H3/t16-/m1/s1. The first kappa shape index (κ1) is 17.6. The smallest absolute Gasteiger partial charge is 0.328 e. The number of rotatable bonds is 6. The van der Waals surface area contributed by atoms with Crippen molar-refractivity contribution in [2.45, 2.75) is 45.1 Å². The van der Waals surface area contributed by atoms with E-state index in [-0.39, 0.29) is 5.97 Å². The minimum Gasteiger partial charge on any atom is -0.464 e. The molecule has 0 amide bonds. The zero-order chi connectivity index (χ0) is 15.9. The first-order chi connectivity index (χ1) is 10.6. The summed E-state index contributed by atoms with van der Waals surface area (Å²) < 4.78 is 5.47. The van der Waals surface area contributed by atoms with Gasteiger partial charge >= 0.3 is 5.97 Å². The fourth-order valence-electron chi connectivity index (χ4n) is 2.77. The van der Waals surface area contributed by atoms with Gasteiger partial charge in [0.1, 0.15) is 6.04 Å². The van der Waals surface area contributed by atoms with E-state index < -0.39 is 6.04 Å². The highest BCUT2D eigenvalue weighted by Gasteiger charge is 2.31. The Hall–Kier alpha value is -0.770. The van der Waals surface area contributed by atoms with E-state index in [2.05, 4.69) is 11.8 Å². The number of hydrogen-bond acceptors (Lipinski definition) is 3. The molecule has 1 saturated heterocycles. The Labute approximate surface area is 142 Å². The number of hydrogen-bond donors (Lipinski definition) is 0. The number of piperidine rings is 1. The van der Waals surface area contributed by atoms with Gasteiger partial charge in [-0.2, -0.15) is 0 Å². The Morgan fingerprint density at radius 2 is 2.00 bits per heavy atom. The van der Waals surface area contributed by atoms with Crippen LogP contribution in [-0.2, 0) is 9.53 Å². The summed E-state index contributed by atoms with van der Waals surface area (Å²) in [5, 5.41) is 1.10. The van der Waals surface area contributed by atoms with Crippen molar-refractivity contribution in [3.63, 3.8) is 0 Å². The molecule has 122 valence electrons. The van der Waals surface area contributed by atoms with Gasteiger partial charge < -0.3 is 4.74 Å². The monoisotopic (exact) mass is 343 g/mol. The highest BCUT2D eigenvalue weighted by atomic mass is 35.5. The highest BCUT2D eigenvalue weighted by molar-refractivity contribution is 6.35. The van der Waals surface area contributed by atoms with E-state index in [4.69, 9.17) is 27.9 Å². The van der Waals surface area contributed by atoms with Gasteiger partial charge in [0.15, 0.2) is 0 Å². The number of unbranched alkanes of at least 4 members (excludes halogenated alkanes) is 1. The Kier molecular flexibility index (Phi) is 7.00. The maximum atomic E-state index is 12.6. The summed E-state index contributed by atoms with van der Waals surface area (Å²) >= 11 is 12.3. The molecule has 1 aromatic rings. The van der Waals surface area contributed by atoms with Crippen molar-refractivity contribution in [3.05, 3.63) is 33.8 Å². The Morgan fingerprint density at radius 3 is 2.64 bits per heavy atom. The molecule has 1 aromatic carbocycles. The molecule has 1 atom stereocenters. The number of carbonyl (C=O) groups is 1. The van der Waals surface area contributed by atoms with E-state index in [1.54, 1.807) is 12.1 Å². The SMILES string of the molecule is CCCCOC(=O)[C@@H](c1ccc(Cl)cc1Cl)N1CCCCC1. The second-order valence-electron chi connectivity index (χ2n) is 5.69. The summed E-state index contributed by atoms with van der Waals surface area (Å²) in [4.78, 5) is 14.8. The number of esters is 1. The molecule has 1 fully saturated rings. The van der Waals surface area contributed by atoms with Crippen LogP contribution in [0, 0.1) is 0 Å². The summed E-state index contributed by atoms with van der Waals surface area (Å²) in [6, 6.07) is 4.88. The molecule has 0 aromatic heterocycles. The van der Waals surface area contributed by atoms with Crippen molar-refractivity contribution >= 4 is 29.2 Å². The number of likely N-dealkylation sites (tertiary alicyclic amines) is 1. The van der Waals surface area contributed by atoms with Crippen LogP contribution in [-0.4, -0.2) is 30.6 Å². The van der Waals surface area contributed by atoms with E-state index in [1.807, 2.05) is 6.07 Å². The highest BCUT2D eigenvalue weighted by Crippen LogP contribution is 2.32. The first-order valence-corrected chi connectivity index (χ1v) is 8.74. The van der Waals surface area contributed by atoms with Gasteiger partial charge in [0.05, 0.1) is 6.61 Å². The molecular weight excluding hydrogens is 321 g/mol. The van der Waals surface area contributed by atoms with Crippen LogP contribution in [0.25, 0.3) is 0 Å². The van der Waals surface area contributed by atoms with E-state index >= 15 is 0 Å². The lowest BCUT2D eigenvalue weighted by molar-refractivity contribution is -0.151. The normalized spacial score (nSPS) is 17.2. The van der Waals surface area contributed by atoms with Crippen LogP contribution in [0.2, 0.25) is 10.0 Å². The lowest BCUT2D eigenvalue weighted by atomic mass is 10.0. The van der Waals surface area contributed by atoms with Crippen molar-refractivity contribution in [1.82, 2.24) is 4.90 Å². The van der Waals surface area contributed by atoms with Crippen LogP contribution >= 0.6 is 23.2 Å². The molecule has 1 heterocycles. The Morgan fingerprint density at radius 1 is 1.27 bits per heavy atom. The summed E-state index contributed by atoms with van der Waals surface area (Å²) in [5.41, 5.74) is 0.787. The second-order valence-corrected chi connectivity index (χ2v) is 6.53. The van der Waals surface area contributed by atoms with Gasteiger partial charge in [-0.25, -0.2) is 4.79 Å². The maximum Gasteiger partial charge on any atom is 0.328 e. The zero-order valence-electron chi connectivity index (χ0n) is 13.0. The fraction of sp³-hybridized carbons (Fsp3) is 0.588. The van der Waals surface area contributed by atoms with Gasteiger partial charge in [0.25, 0.3) is 0 Å². The molecule has 22 heavy (non-hydrogen) atoms. The number of ether oxygens (including phenoxy) is 1. The third-order valence-electron chi connectivity index (χ3n) is 3.98. The molecule has 0 unspecified atom stereocenters. The van der Waals surface area contributed by atoms with Crippen molar-refractivity contribution < 1.29 is 9.53 Å². The van der Waals surface area contributed by atoms with E-state index in [1.165, 1.54) is 6.42 Å². The van der Waals surface area contributed by atoms with Crippen molar-refractivity contribution in [3.8, 4) is 0 Å². The van der Waals surface area contributed by atoms with Crippen LogP contribution in [0.5, 0.6) is 0 Å². The number of benzene rings is 1. The van der Waals surface area contributed by atoms with E-state index in [9.17, 15) is 4.79 Å². The molecule has 0 bridgehead atoms. The predicted octanol–water partition coefficient (Wildman–Crippen LogP) is 4.86. The summed E-state index contributed by atoms with van der Waals surface area (Å²) in [7, 11) is 0. The fourth-order valence-corrected chi connectivity index (χ4v) is 3.28. The first-order valence-electron chi connectivity index (χ1n) is 7.99. The minimum absolute atomic E-state index is 0.209. The lowest BCUT2D eigenvalue weighted by Gasteiger charge is -2.33. The minimum atomic E-state index is -0.429. The molecule has 0 radical (unpaired) electrons.